The molecule has 1 aromatic carbocycles. The third-order valence-corrected chi connectivity index (χ3v) is 3.89. The lowest BCUT2D eigenvalue weighted by molar-refractivity contribution is 0.291. The van der Waals surface area contributed by atoms with E-state index in [1.807, 2.05) is 12.1 Å². The van der Waals surface area contributed by atoms with Gasteiger partial charge in [-0.05, 0) is 30.3 Å². The van der Waals surface area contributed by atoms with Gasteiger partial charge in [0.25, 0.3) is 0 Å². The van der Waals surface area contributed by atoms with Crippen molar-refractivity contribution in [1.29, 1.82) is 0 Å². The van der Waals surface area contributed by atoms with Gasteiger partial charge in [-0.1, -0.05) is 0 Å². The predicted molar refractivity (Wildman–Crippen MR) is 77.0 cm³/mol. The number of pyridine rings is 1. The smallest absolute Gasteiger partial charge is 0.223 e. The number of aromatic nitrogens is 2. The summed E-state index contributed by atoms with van der Waals surface area (Å²) in [4.78, 5) is 4.30. The normalized spacial score (nSPS) is 12.7. The minimum absolute atomic E-state index is 0.545. The summed E-state index contributed by atoms with van der Waals surface area (Å²) in [5.41, 5.74) is 4.60. The molecule has 0 radical (unpaired) electrons. The molecule has 3 aromatic rings. The minimum Gasteiger partial charge on any atom is -0.497 e. The first-order valence-electron chi connectivity index (χ1n) is 6.53. The van der Waals surface area contributed by atoms with Gasteiger partial charge >= 0.3 is 0 Å². The summed E-state index contributed by atoms with van der Waals surface area (Å²) in [6.07, 6.45) is 1.76. The van der Waals surface area contributed by atoms with Gasteiger partial charge in [0, 0.05) is 29.7 Å². The summed E-state index contributed by atoms with van der Waals surface area (Å²) in [5.74, 6) is 1.57. The molecule has 0 N–H and O–H groups in total. The van der Waals surface area contributed by atoms with E-state index in [9.17, 15) is 0 Å². The highest BCUT2D eigenvalue weighted by molar-refractivity contribution is 5.94. The Labute approximate surface area is 116 Å². The molecule has 0 spiro atoms. The van der Waals surface area contributed by atoms with E-state index in [2.05, 4.69) is 34.8 Å². The van der Waals surface area contributed by atoms with Crippen molar-refractivity contribution in [2.75, 3.05) is 7.11 Å². The molecular weight excluding hydrogens is 252 g/mol. The molecule has 100 valence electrons. The lowest BCUT2D eigenvalue weighted by atomic mass is 10.0. The number of nitrogens with zero attached hydrogens (tertiary/aromatic N) is 2. The molecule has 0 amide bonds. The van der Waals surface area contributed by atoms with Crippen LogP contribution in [-0.4, -0.2) is 16.7 Å². The third kappa shape index (κ3) is 1.39. The van der Waals surface area contributed by atoms with Crippen LogP contribution in [0.25, 0.3) is 22.2 Å². The highest BCUT2D eigenvalue weighted by Crippen LogP contribution is 2.41. The van der Waals surface area contributed by atoms with Crippen LogP contribution in [0.15, 0.2) is 36.5 Å². The van der Waals surface area contributed by atoms with Gasteiger partial charge in [0.15, 0.2) is 0 Å². The average molecular weight is 266 g/mol. The van der Waals surface area contributed by atoms with Crippen molar-refractivity contribution in [3.05, 3.63) is 42.1 Å². The lowest BCUT2D eigenvalue weighted by Crippen LogP contribution is -2.07. The molecule has 20 heavy (non-hydrogen) atoms. The zero-order valence-corrected chi connectivity index (χ0v) is 11.4. The maximum absolute atomic E-state index is 5.78. The molecule has 0 unspecified atom stereocenters. The fourth-order valence-electron chi connectivity index (χ4n) is 2.94. The fraction of sp³-hybridized carbons (Fsp3) is 0.188. The van der Waals surface area contributed by atoms with Crippen LogP contribution in [0.4, 0.5) is 0 Å². The summed E-state index contributed by atoms with van der Waals surface area (Å²) < 4.78 is 13.3. The van der Waals surface area contributed by atoms with Crippen LogP contribution < -0.4 is 9.47 Å². The molecule has 4 heteroatoms. The molecule has 0 aliphatic carbocycles. The summed E-state index contributed by atoms with van der Waals surface area (Å²) in [6, 6.07) is 10.1. The number of benzene rings is 1. The second kappa shape index (κ2) is 4.00. The van der Waals surface area contributed by atoms with Crippen molar-refractivity contribution in [3.63, 3.8) is 0 Å². The second-order valence-corrected chi connectivity index (χ2v) is 4.91. The first kappa shape index (κ1) is 11.3. The zero-order valence-electron chi connectivity index (χ0n) is 11.4. The summed E-state index contributed by atoms with van der Waals surface area (Å²) >= 11 is 0. The Morgan fingerprint density at radius 2 is 2.20 bits per heavy atom. The van der Waals surface area contributed by atoms with Crippen LogP contribution in [0.1, 0.15) is 5.56 Å². The van der Waals surface area contributed by atoms with Crippen LogP contribution in [0, 0.1) is 0 Å². The van der Waals surface area contributed by atoms with E-state index in [0.717, 1.165) is 11.3 Å². The van der Waals surface area contributed by atoms with E-state index in [4.69, 9.17) is 9.47 Å². The van der Waals surface area contributed by atoms with Crippen molar-refractivity contribution in [2.24, 2.45) is 7.05 Å². The molecule has 0 atom stereocenters. The Hall–Kier alpha value is -2.49. The van der Waals surface area contributed by atoms with Gasteiger partial charge in [-0.25, -0.2) is 4.98 Å². The second-order valence-electron chi connectivity index (χ2n) is 4.91. The molecule has 0 saturated carbocycles. The van der Waals surface area contributed by atoms with E-state index >= 15 is 0 Å². The van der Waals surface area contributed by atoms with Crippen LogP contribution in [0.2, 0.25) is 0 Å². The minimum atomic E-state index is 0.545. The molecule has 0 saturated heterocycles. The van der Waals surface area contributed by atoms with Crippen molar-refractivity contribution in [2.45, 2.75) is 6.61 Å². The van der Waals surface area contributed by atoms with Gasteiger partial charge in [-0.3, -0.25) is 0 Å². The maximum Gasteiger partial charge on any atom is 0.223 e. The fourth-order valence-corrected chi connectivity index (χ4v) is 2.94. The topological polar surface area (TPSA) is 36.3 Å². The van der Waals surface area contributed by atoms with Crippen LogP contribution in [0.5, 0.6) is 11.6 Å². The third-order valence-electron chi connectivity index (χ3n) is 3.89. The highest BCUT2D eigenvalue weighted by Gasteiger charge is 2.24. The number of ether oxygens (including phenoxy) is 2. The molecule has 1 aliphatic rings. The van der Waals surface area contributed by atoms with E-state index in [-0.39, 0.29) is 0 Å². The SMILES string of the molecule is COc1ccc2c(c1)c1c(n2C)-c2cccnc2OC1. The monoisotopic (exact) mass is 266 g/mol. The number of hydrogen-bond donors (Lipinski definition) is 0. The summed E-state index contributed by atoms with van der Waals surface area (Å²) in [7, 11) is 3.77. The van der Waals surface area contributed by atoms with Crippen molar-refractivity contribution in [1.82, 2.24) is 9.55 Å². The lowest BCUT2D eigenvalue weighted by Gasteiger charge is -2.18. The Morgan fingerprint density at radius 1 is 1.30 bits per heavy atom. The number of fused-ring (bicyclic) bond motifs is 5. The predicted octanol–water partition coefficient (Wildman–Crippen LogP) is 3.14. The Bertz CT molecular complexity index is 821. The Morgan fingerprint density at radius 3 is 3.05 bits per heavy atom. The van der Waals surface area contributed by atoms with Crippen molar-refractivity contribution >= 4 is 10.9 Å². The van der Waals surface area contributed by atoms with Gasteiger partial charge in [0.1, 0.15) is 12.4 Å². The molecule has 0 bridgehead atoms. The highest BCUT2D eigenvalue weighted by atomic mass is 16.5. The number of hydrogen-bond acceptors (Lipinski definition) is 3. The largest absolute Gasteiger partial charge is 0.497 e. The molecule has 4 nitrogen and oxygen atoms in total. The van der Waals surface area contributed by atoms with Crippen LogP contribution in [-0.2, 0) is 13.7 Å². The quantitative estimate of drug-likeness (QED) is 0.679. The zero-order chi connectivity index (χ0) is 13.7. The van der Waals surface area contributed by atoms with E-state index in [1.54, 1.807) is 13.3 Å². The van der Waals surface area contributed by atoms with Crippen LogP contribution >= 0.6 is 0 Å². The molecule has 2 aromatic heterocycles. The molecule has 3 heterocycles. The number of aryl methyl sites for hydroxylation is 1. The van der Waals surface area contributed by atoms with Gasteiger partial charge in [0.05, 0.1) is 18.4 Å². The van der Waals surface area contributed by atoms with E-state index in [0.29, 0.717) is 12.5 Å². The van der Waals surface area contributed by atoms with Crippen molar-refractivity contribution < 1.29 is 9.47 Å². The first-order valence-corrected chi connectivity index (χ1v) is 6.53. The Kier molecular flexibility index (Phi) is 2.27. The van der Waals surface area contributed by atoms with Crippen LogP contribution in [0.3, 0.4) is 0 Å². The van der Waals surface area contributed by atoms with Gasteiger partial charge in [-0.15, -0.1) is 0 Å². The first-order chi connectivity index (χ1) is 9.79. The van der Waals surface area contributed by atoms with Gasteiger partial charge in [0.2, 0.25) is 5.88 Å². The molecule has 1 aliphatic heterocycles. The standard InChI is InChI=1S/C16H14N2O2/c1-18-14-6-5-10(19-2)8-12(14)13-9-20-16-11(15(13)18)4-3-7-17-16/h3-8H,9H2,1-2H3. The molecule has 4 rings (SSSR count). The summed E-state index contributed by atoms with van der Waals surface area (Å²) in [6.45, 7) is 0.545. The molecule has 0 fully saturated rings. The van der Waals surface area contributed by atoms with Gasteiger partial charge in [-0.2, -0.15) is 0 Å². The summed E-state index contributed by atoms with van der Waals surface area (Å²) in [5, 5.41) is 1.18. The maximum atomic E-state index is 5.78. The molecular formula is C16H14N2O2. The number of rotatable bonds is 1. The van der Waals surface area contributed by atoms with Gasteiger partial charge < -0.3 is 14.0 Å². The van der Waals surface area contributed by atoms with Crippen molar-refractivity contribution in [3.8, 4) is 22.9 Å². The van der Waals surface area contributed by atoms with E-state index in [1.165, 1.54) is 22.2 Å². The average Bonchev–Trinajstić information content (AvgIpc) is 2.80. The number of methoxy groups -OCH3 is 1. The van der Waals surface area contributed by atoms with E-state index < -0.39 is 0 Å². The Balaban J connectivity index is 2.09.